The lowest BCUT2D eigenvalue weighted by Crippen LogP contribution is -2.22. The lowest BCUT2D eigenvalue weighted by atomic mass is 10.3. The molecule has 0 saturated carbocycles. The molecule has 0 unspecified atom stereocenters. The van der Waals surface area contributed by atoms with Gasteiger partial charge in [0, 0.05) is 16.9 Å². The van der Waals surface area contributed by atoms with Gasteiger partial charge in [-0.25, -0.2) is 5.06 Å². The van der Waals surface area contributed by atoms with Gasteiger partial charge in [0.2, 0.25) is 0 Å². The van der Waals surface area contributed by atoms with Crippen LogP contribution in [0.2, 0.25) is 0 Å². The average molecular weight is 226 g/mol. The van der Waals surface area contributed by atoms with E-state index in [1.54, 1.807) is 23.5 Å². The van der Waals surface area contributed by atoms with E-state index >= 15 is 0 Å². The highest BCUT2D eigenvalue weighted by Crippen LogP contribution is 2.46. The van der Waals surface area contributed by atoms with Crippen LogP contribution in [0.5, 0.6) is 0 Å². The van der Waals surface area contributed by atoms with E-state index in [-0.39, 0.29) is 4.71 Å². The molecule has 0 aliphatic carbocycles. The van der Waals surface area contributed by atoms with Gasteiger partial charge in [-0.3, -0.25) is 5.21 Å². The Hall–Kier alpha value is -0.650. The predicted molar refractivity (Wildman–Crippen MR) is 61.6 cm³/mol. The Balaban J connectivity index is 2.13. The summed E-state index contributed by atoms with van der Waals surface area (Å²) in [6, 6.07) is 7.76. The van der Waals surface area contributed by atoms with Gasteiger partial charge in [-0.05, 0) is 12.1 Å². The minimum Gasteiger partial charge on any atom is -0.312 e. The highest BCUT2D eigenvalue weighted by Gasteiger charge is 2.28. The number of rotatable bonds is 3. The molecule has 1 aromatic rings. The van der Waals surface area contributed by atoms with Gasteiger partial charge in [-0.1, -0.05) is 23.9 Å². The number of nitrogens with zero attached hydrogens (tertiary/aromatic N) is 1. The zero-order valence-corrected chi connectivity index (χ0v) is 9.02. The number of fused-ring (bicyclic) bond motifs is 1. The molecule has 1 atom stereocenters. The molecule has 0 bridgehead atoms. The summed E-state index contributed by atoms with van der Waals surface area (Å²) in [5.74, 6) is 0.628. The van der Waals surface area contributed by atoms with E-state index in [1.807, 2.05) is 24.3 Å². The highest BCUT2D eigenvalue weighted by atomic mass is 32.2. The number of thioether (sulfide) groups is 2. The smallest absolute Gasteiger partial charge is 0.152 e. The first-order chi connectivity index (χ1) is 6.83. The van der Waals surface area contributed by atoms with Crippen LogP contribution in [0.3, 0.4) is 0 Å². The van der Waals surface area contributed by atoms with Gasteiger partial charge in [0.25, 0.3) is 0 Å². The first kappa shape index (κ1) is 9.89. The molecule has 5 heteroatoms. The molecule has 1 aromatic carbocycles. The molecular formula is C9H10N2OS2. The van der Waals surface area contributed by atoms with Gasteiger partial charge in [-0.15, -0.1) is 11.8 Å². The van der Waals surface area contributed by atoms with Crippen molar-refractivity contribution in [2.24, 2.45) is 0 Å². The molecule has 1 aliphatic rings. The third kappa shape index (κ3) is 1.75. The van der Waals surface area contributed by atoms with Gasteiger partial charge in [-0.2, -0.15) is 0 Å². The van der Waals surface area contributed by atoms with Crippen molar-refractivity contribution in [2.75, 3.05) is 10.8 Å². The molecule has 0 fully saturated rings. The molecule has 74 valence electrons. The summed E-state index contributed by atoms with van der Waals surface area (Å²) in [5, 5.41) is 18.0. The Morgan fingerprint density at radius 1 is 1.57 bits per heavy atom. The molecule has 1 heterocycles. The van der Waals surface area contributed by atoms with Crippen molar-refractivity contribution in [1.29, 1.82) is 5.41 Å². The normalized spacial score (nSPS) is 19.5. The Labute approximate surface area is 91.0 Å². The number of hydroxylamine groups is 1. The van der Waals surface area contributed by atoms with Crippen LogP contribution in [0.1, 0.15) is 0 Å². The van der Waals surface area contributed by atoms with Crippen LogP contribution in [-0.2, 0) is 0 Å². The highest BCUT2D eigenvalue weighted by molar-refractivity contribution is 8.17. The summed E-state index contributed by atoms with van der Waals surface area (Å²) in [4.78, 5) is 1.09. The van der Waals surface area contributed by atoms with E-state index in [2.05, 4.69) is 0 Å². The summed E-state index contributed by atoms with van der Waals surface area (Å²) >= 11 is 3.16. The standard InChI is InChI=1S/C9H10N2OS2/c10-5-6-13-9-11(12)7-3-1-2-4-8(7)14-9/h1-5,9-10,12H,6H2/t9-/m0/s1. The molecule has 2 rings (SSSR count). The van der Waals surface area contributed by atoms with E-state index < -0.39 is 0 Å². The molecule has 0 spiro atoms. The largest absolute Gasteiger partial charge is 0.312 e. The number of hydrogen-bond donors (Lipinski definition) is 2. The molecule has 0 radical (unpaired) electrons. The van der Waals surface area contributed by atoms with Crippen molar-refractivity contribution < 1.29 is 5.21 Å². The molecule has 1 aliphatic heterocycles. The molecule has 3 nitrogen and oxygen atoms in total. The van der Waals surface area contributed by atoms with Crippen LogP contribution in [0.4, 0.5) is 5.69 Å². The molecule has 2 N–H and O–H groups in total. The average Bonchev–Trinajstić information content (AvgIpc) is 2.54. The fraction of sp³-hybridized carbons (Fsp3) is 0.222. The molecular weight excluding hydrogens is 216 g/mol. The maximum atomic E-state index is 9.78. The van der Waals surface area contributed by atoms with Crippen molar-refractivity contribution in [1.82, 2.24) is 0 Å². The Morgan fingerprint density at radius 2 is 2.36 bits per heavy atom. The van der Waals surface area contributed by atoms with Crippen molar-refractivity contribution in [3.8, 4) is 0 Å². The van der Waals surface area contributed by atoms with E-state index in [9.17, 15) is 5.21 Å². The molecule has 0 saturated heterocycles. The minimum atomic E-state index is -0.0194. The van der Waals surface area contributed by atoms with Crippen molar-refractivity contribution in [2.45, 2.75) is 9.60 Å². The SMILES string of the molecule is N=CCS[C@H]1Sc2ccccc2N1O. The fourth-order valence-corrected chi connectivity index (χ4v) is 3.46. The Bertz CT molecular complexity index is 345. The van der Waals surface area contributed by atoms with Crippen LogP contribution in [0.25, 0.3) is 0 Å². The summed E-state index contributed by atoms with van der Waals surface area (Å²) in [6.45, 7) is 0. The van der Waals surface area contributed by atoms with Gasteiger partial charge in [0.15, 0.2) is 4.71 Å². The second-order valence-corrected chi connectivity index (χ2v) is 5.31. The van der Waals surface area contributed by atoms with Crippen LogP contribution in [-0.4, -0.2) is 21.9 Å². The van der Waals surface area contributed by atoms with Gasteiger partial charge in [0.1, 0.15) is 0 Å². The predicted octanol–water partition coefficient (Wildman–Crippen LogP) is 2.65. The number of anilines is 1. The minimum absolute atomic E-state index is 0.0194. The maximum absolute atomic E-state index is 9.78. The first-order valence-electron chi connectivity index (χ1n) is 4.17. The van der Waals surface area contributed by atoms with Gasteiger partial charge < -0.3 is 5.41 Å². The molecule has 0 amide bonds. The topological polar surface area (TPSA) is 47.3 Å². The zero-order valence-electron chi connectivity index (χ0n) is 7.38. The van der Waals surface area contributed by atoms with Gasteiger partial charge in [0.05, 0.1) is 5.69 Å². The van der Waals surface area contributed by atoms with Crippen LogP contribution in [0.15, 0.2) is 29.2 Å². The zero-order chi connectivity index (χ0) is 9.97. The number of benzene rings is 1. The second-order valence-electron chi connectivity index (χ2n) is 2.77. The number of para-hydroxylation sites is 1. The molecule has 0 aromatic heterocycles. The van der Waals surface area contributed by atoms with Gasteiger partial charge >= 0.3 is 0 Å². The summed E-state index contributed by atoms with van der Waals surface area (Å²) in [7, 11) is 0. The first-order valence-corrected chi connectivity index (χ1v) is 6.10. The molecule has 14 heavy (non-hydrogen) atoms. The summed E-state index contributed by atoms with van der Waals surface area (Å²) in [6.07, 6.45) is 1.35. The van der Waals surface area contributed by atoms with Crippen LogP contribution >= 0.6 is 23.5 Å². The Kier molecular flexibility index (Phi) is 3.00. The van der Waals surface area contributed by atoms with E-state index in [0.717, 1.165) is 10.6 Å². The van der Waals surface area contributed by atoms with Crippen LogP contribution in [0, 0.1) is 5.41 Å². The third-order valence-electron chi connectivity index (χ3n) is 1.86. The second kappa shape index (κ2) is 4.25. The summed E-state index contributed by atoms with van der Waals surface area (Å²) < 4.78 is -0.0194. The quantitative estimate of drug-likeness (QED) is 0.778. The number of hydrogen-bond acceptors (Lipinski definition) is 5. The monoisotopic (exact) mass is 226 g/mol. The van der Waals surface area contributed by atoms with Crippen molar-refractivity contribution in [3.05, 3.63) is 24.3 Å². The lowest BCUT2D eigenvalue weighted by molar-refractivity contribution is 0.268. The van der Waals surface area contributed by atoms with E-state index in [0.29, 0.717) is 5.75 Å². The van der Waals surface area contributed by atoms with Crippen molar-refractivity contribution >= 4 is 35.4 Å². The van der Waals surface area contributed by atoms with E-state index in [4.69, 9.17) is 5.41 Å². The third-order valence-corrected chi connectivity index (χ3v) is 4.40. The van der Waals surface area contributed by atoms with E-state index in [1.165, 1.54) is 11.3 Å². The lowest BCUT2D eigenvalue weighted by Gasteiger charge is -2.17. The Morgan fingerprint density at radius 3 is 3.07 bits per heavy atom. The fourth-order valence-electron chi connectivity index (χ4n) is 1.25. The van der Waals surface area contributed by atoms with Crippen LogP contribution < -0.4 is 5.06 Å². The number of nitrogens with one attached hydrogen (secondary N) is 1. The maximum Gasteiger partial charge on any atom is 0.152 e. The van der Waals surface area contributed by atoms with Crippen molar-refractivity contribution in [3.63, 3.8) is 0 Å². The summed E-state index contributed by atoms with van der Waals surface area (Å²) in [5.41, 5.74) is 0.861.